The fraction of sp³-hybridized carbons (Fsp3) is 0.615. The molecule has 1 aliphatic carbocycles. The molecule has 8 heteroatoms. The first-order chi connectivity index (χ1) is 10.0. The predicted molar refractivity (Wildman–Crippen MR) is 84.4 cm³/mol. The third-order valence-electron chi connectivity index (χ3n) is 3.84. The Balaban J connectivity index is 1.92. The zero-order valence-electron chi connectivity index (χ0n) is 12.2. The third-order valence-corrected chi connectivity index (χ3v) is 6.14. The van der Waals surface area contributed by atoms with Gasteiger partial charge < -0.3 is 5.32 Å². The van der Waals surface area contributed by atoms with Crippen LogP contribution in [0.3, 0.4) is 0 Å². The minimum atomic E-state index is -3.59. The first kappa shape index (κ1) is 14.8. The van der Waals surface area contributed by atoms with Gasteiger partial charge in [0, 0.05) is 24.7 Å². The lowest BCUT2D eigenvalue weighted by atomic mass is 10.1. The first-order valence-electron chi connectivity index (χ1n) is 7.20. The third kappa shape index (κ3) is 2.93. The number of anilines is 1. The van der Waals surface area contributed by atoms with Crippen molar-refractivity contribution in [1.82, 2.24) is 14.1 Å². The van der Waals surface area contributed by atoms with Crippen LogP contribution in [-0.2, 0) is 10.0 Å². The summed E-state index contributed by atoms with van der Waals surface area (Å²) in [7, 11) is -1.90. The van der Waals surface area contributed by atoms with Gasteiger partial charge in [-0.1, -0.05) is 19.8 Å². The van der Waals surface area contributed by atoms with E-state index in [-0.39, 0.29) is 11.1 Å². The molecule has 1 fully saturated rings. The number of rotatable bonds is 7. The molecule has 0 amide bonds. The molecule has 1 unspecified atom stereocenters. The molecule has 1 atom stereocenters. The standard InChI is InChI=1S/C13H20N4O2S2/c1-3-10(8-9-4-5-9)16-21(18,19)12-11(14-2)15-13-17(12)6-7-20-13/h6-7,9-10,14,16H,3-5,8H2,1-2H3. The fourth-order valence-corrected chi connectivity index (χ4v) is 4.91. The Morgan fingerprint density at radius 3 is 2.90 bits per heavy atom. The predicted octanol–water partition coefficient (Wildman–Crippen LogP) is 2.29. The molecule has 2 heterocycles. The molecule has 0 aromatic carbocycles. The first-order valence-corrected chi connectivity index (χ1v) is 9.57. The molecule has 0 aliphatic heterocycles. The second-order valence-electron chi connectivity index (χ2n) is 5.48. The number of hydrogen-bond donors (Lipinski definition) is 2. The second-order valence-corrected chi connectivity index (χ2v) is 7.98. The molecule has 2 aromatic rings. The summed E-state index contributed by atoms with van der Waals surface area (Å²) in [6, 6.07) is -0.00334. The van der Waals surface area contributed by atoms with Gasteiger partial charge in [0.05, 0.1) is 0 Å². The SMILES string of the molecule is CCC(CC1CC1)NS(=O)(=O)c1c(NC)nc2sccn12. The molecule has 3 rings (SSSR count). The van der Waals surface area contributed by atoms with Crippen LogP contribution in [0.15, 0.2) is 16.6 Å². The smallest absolute Gasteiger partial charge is 0.260 e. The van der Waals surface area contributed by atoms with E-state index in [0.29, 0.717) is 16.7 Å². The largest absolute Gasteiger partial charge is 0.371 e. The highest BCUT2D eigenvalue weighted by Gasteiger charge is 2.31. The van der Waals surface area contributed by atoms with Crippen molar-refractivity contribution in [3.63, 3.8) is 0 Å². The van der Waals surface area contributed by atoms with Gasteiger partial charge in [0.1, 0.15) is 0 Å². The number of aromatic nitrogens is 2. The Kier molecular flexibility index (Phi) is 3.94. The summed E-state index contributed by atoms with van der Waals surface area (Å²) >= 11 is 1.42. The van der Waals surface area contributed by atoms with E-state index in [0.717, 1.165) is 12.8 Å². The summed E-state index contributed by atoms with van der Waals surface area (Å²) in [4.78, 5) is 4.99. The molecule has 0 saturated heterocycles. The Morgan fingerprint density at radius 2 is 2.29 bits per heavy atom. The van der Waals surface area contributed by atoms with Crippen molar-refractivity contribution in [3.05, 3.63) is 11.6 Å². The van der Waals surface area contributed by atoms with Crippen LogP contribution < -0.4 is 10.0 Å². The monoisotopic (exact) mass is 328 g/mol. The molecular formula is C13H20N4O2S2. The zero-order valence-corrected chi connectivity index (χ0v) is 13.8. The van der Waals surface area contributed by atoms with Gasteiger partial charge in [0.25, 0.3) is 10.0 Å². The Hall–Kier alpha value is -1.12. The Morgan fingerprint density at radius 1 is 1.52 bits per heavy atom. The van der Waals surface area contributed by atoms with Crippen molar-refractivity contribution in [2.75, 3.05) is 12.4 Å². The quantitative estimate of drug-likeness (QED) is 0.818. The van der Waals surface area contributed by atoms with Crippen LogP contribution in [0.25, 0.3) is 4.96 Å². The van der Waals surface area contributed by atoms with E-state index in [1.54, 1.807) is 17.6 Å². The molecular weight excluding hydrogens is 308 g/mol. The number of sulfonamides is 1. The summed E-state index contributed by atoms with van der Waals surface area (Å²) in [5.41, 5.74) is 0. The summed E-state index contributed by atoms with van der Waals surface area (Å²) < 4.78 is 30.0. The van der Waals surface area contributed by atoms with Gasteiger partial charge in [-0.3, -0.25) is 4.40 Å². The van der Waals surface area contributed by atoms with Crippen molar-refractivity contribution in [1.29, 1.82) is 0 Å². The number of hydrogen-bond acceptors (Lipinski definition) is 5. The highest BCUT2D eigenvalue weighted by Crippen LogP contribution is 2.34. The van der Waals surface area contributed by atoms with Gasteiger partial charge in [0.2, 0.25) is 0 Å². The van der Waals surface area contributed by atoms with Gasteiger partial charge in [-0.05, 0) is 18.8 Å². The number of nitrogens with one attached hydrogen (secondary N) is 2. The second kappa shape index (κ2) is 5.58. The van der Waals surface area contributed by atoms with E-state index >= 15 is 0 Å². The van der Waals surface area contributed by atoms with Gasteiger partial charge in [0.15, 0.2) is 15.8 Å². The molecule has 1 saturated carbocycles. The van der Waals surface area contributed by atoms with Crippen molar-refractivity contribution >= 4 is 32.1 Å². The normalized spacial score (nSPS) is 17.2. The van der Waals surface area contributed by atoms with E-state index in [2.05, 4.69) is 15.0 Å². The summed E-state index contributed by atoms with van der Waals surface area (Å²) in [6.45, 7) is 2.02. The number of fused-ring (bicyclic) bond motifs is 1. The zero-order chi connectivity index (χ0) is 15.0. The van der Waals surface area contributed by atoms with Crippen molar-refractivity contribution in [2.45, 2.75) is 43.7 Å². The van der Waals surface area contributed by atoms with Gasteiger partial charge in [-0.2, -0.15) is 0 Å². The highest BCUT2D eigenvalue weighted by molar-refractivity contribution is 7.89. The van der Waals surface area contributed by atoms with Crippen molar-refractivity contribution < 1.29 is 8.42 Å². The lowest BCUT2D eigenvalue weighted by Crippen LogP contribution is -2.35. The van der Waals surface area contributed by atoms with Gasteiger partial charge in [-0.25, -0.2) is 18.1 Å². The maximum absolute atomic E-state index is 12.7. The van der Waals surface area contributed by atoms with E-state index < -0.39 is 10.0 Å². The number of imidazole rings is 1. The molecule has 21 heavy (non-hydrogen) atoms. The minimum absolute atomic E-state index is 0.00334. The molecule has 0 spiro atoms. The number of nitrogens with zero attached hydrogens (tertiary/aromatic N) is 2. The summed E-state index contributed by atoms with van der Waals surface area (Å²) in [5, 5.41) is 4.92. The maximum Gasteiger partial charge on any atom is 0.260 e. The molecule has 0 radical (unpaired) electrons. The van der Waals surface area contributed by atoms with Crippen LogP contribution in [0.2, 0.25) is 0 Å². The average Bonchev–Trinajstić information content (AvgIpc) is 3.00. The van der Waals surface area contributed by atoms with Crippen LogP contribution in [0, 0.1) is 5.92 Å². The summed E-state index contributed by atoms with van der Waals surface area (Å²) in [6.07, 6.45) is 5.92. The molecule has 0 bridgehead atoms. The average molecular weight is 328 g/mol. The lowest BCUT2D eigenvalue weighted by molar-refractivity contribution is 0.493. The van der Waals surface area contributed by atoms with Gasteiger partial charge >= 0.3 is 0 Å². The van der Waals surface area contributed by atoms with Gasteiger partial charge in [-0.15, -0.1) is 11.3 Å². The molecule has 1 aliphatic rings. The highest BCUT2D eigenvalue weighted by atomic mass is 32.2. The molecule has 2 N–H and O–H groups in total. The van der Waals surface area contributed by atoms with E-state index in [4.69, 9.17) is 0 Å². The Bertz CT molecular complexity index is 731. The summed E-state index contributed by atoms with van der Waals surface area (Å²) in [5.74, 6) is 1.09. The van der Waals surface area contributed by atoms with Crippen LogP contribution in [0.1, 0.15) is 32.6 Å². The lowest BCUT2D eigenvalue weighted by Gasteiger charge is -2.16. The number of thiazole rings is 1. The maximum atomic E-state index is 12.7. The van der Waals surface area contributed by atoms with Crippen molar-refractivity contribution in [3.8, 4) is 0 Å². The van der Waals surface area contributed by atoms with Crippen LogP contribution >= 0.6 is 11.3 Å². The van der Waals surface area contributed by atoms with Crippen LogP contribution in [0.4, 0.5) is 5.82 Å². The topological polar surface area (TPSA) is 75.5 Å². The fourth-order valence-electron chi connectivity index (χ4n) is 2.51. The molecule has 116 valence electrons. The van der Waals surface area contributed by atoms with Crippen LogP contribution in [-0.4, -0.2) is 30.9 Å². The molecule has 6 nitrogen and oxygen atoms in total. The minimum Gasteiger partial charge on any atom is -0.371 e. The van der Waals surface area contributed by atoms with E-state index in [1.807, 2.05) is 12.3 Å². The molecule has 2 aromatic heterocycles. The van der Waals surface area contributed by atoms with Crippen LogP contribution in [0.5, 0.6) is 0 Å². The Labute approximate surface area is 128 Å². The van der Waals surface area contributed by atoms with E-state index in [1.165, 1.54) is 24.2 Å². The van der Waals surface area contributed by atoms with E-state index in [9.17, 15) is 8.42 Å². The van der Waals surface area contributed by atoms with Crippen molar-refractivity contribution in [2.24, 2.45) is 5.92 Å².